The number of ether oxygens (including phenoxy) is 1. The topological polar surface area (TPSA) is 102 Å². The molecule has 3 aromatic carbocycles. The Balaban J connectivity index is 1.38. The quantitative estimate of drug-likeness (QED) is 0.0958. The molecule has 0 fully saturated rings. The molecular weight excluding hydrogens is 551 g/mol. The van der Waals surface area contributed by atoms with Crippen molar-refractivity contribution in [3.8, 4) is 17.0 Å². The Morgan fingerprint density at radius 2 is 1.73 bits per heavy atom. The SMILES string of the molecule is CC(C)c1ccccc1NC(=S)N/N=C/c1ccc(-c2cc(N=C(N)c3ccc(OC(F)(F)F)cc3)n(C)n2)cc1. The first kappa shape index (κ1) is 29.3. The van der Waals surface area contributed by atoms with Crippen molar-refractivity contribution in [3.63, 3.8) is 0 Å². The average Bonchev–Trinajstić information content (AvgIpc) is 3.28. The van der Waals surface area contributed by atoms with Gasteiger partial charge in [-0.3, -0.25) is 10.1 Å². The number of halogens is 3. The number of amidine groups is 1. The van der Waals surface area contributed by atoms with Crippen molar-refractivity contribution < 1.29 is 17.9 Å². The Kier molecular flexibility index (Phi) is 9.03. The van der Waals surface area contributed by atoms with E-state index in [0.29, 0.717) is 28.1 Å². The van der Waals surface area contributed by atoms with Gasteiger partial charge in [0.1, 0.15) is 11.6 Å². The van der Waals surface area contributed by atoms with Gasteiger partial charge >= 0.3 is 6.36 Å². The number of hydrazone groups is 1. The molecule has 0 atom stereocenters. The molecule has 212 valence electrons. The molecule has 0 unspecified atom stereocenters. The van der Waals surface area contributed by atoms with E-state index >= 15 is 0 Å². The van der Waals surface area contributed by atoms with E-state index in [9.17, 15) is 13.2 Å². The standard InChI is InChI=1S/C29H28F3N7OS/c1-18(2)23-6-4-5-7-24(23)35-28(41)37-34-17-19-8-10-20(11-9-19)25-16-26(39(3)38-25)36-27(33)21-12-14-22(15-13-21)40-29(30,31)32/h4-18H,1-3H3,(H2,33,36)(H2,35,37,41)/b34-17+. The second-order valence-electron chi connectivity index (χ2n) is 9.27. The molecule has 0 aliphatic carbocycles. The summed E-state index contributed by atoms with van der Waals surface area (Å²) in [6.45, 7) is 4.24. The van der Waals surface area contributed by atoms with Crippen LogP contribution in [0.1, 0.15) is 36.5 Å². The summed E-state index contributed by atoms with van der Waals surface area (Å²) in [5, 5.41) is 12.3. The molecule has 4 N–H and O–H groups in total. The van der Waals surface area contributed by atoms with E-state index in [0.717, 1.165) is 22.4 Å². The van der Waals surface area contributed by atoms with Gasteiger partial charge in [0.05, 0.1) is 11.9 Å². The fourth-order valence-corrected chi connectivity index (χ4v) is 4.05. The first-order valence-electron chi connectivity index (χ1n) is 12.5. The first-order valence-corrected chi connectivity index (χ1v) is 12.9. The third kappa shape index (κ3) is 8.15. The first-order chi connectivity index (χ1) is 19.5. The Morgan fingerprint density at radius 1 is 1.05 bits per heavy atom. The average molecular weight is 580 g/mol. The van der Waals surface area contributed by atoms with Gasteiger partial charge in [-0.1, -0.05) is 56.3 Å². The van der Waals surface area contributed by atoms with Gasteiger partial charge in [0.15, 0.2) is 10.9 Å². The number of nitrogens with zero attached hydrogens (tertiary/aromatic N) is 4. The Labute approximate surface area is 240 Å². The second kappa shape index (κ2) is 12.6. The predicted molar refractivity (Wildman–Crippen MR) is 160 cm³/mol. The number of aliphatic imine (C=N–C) groups is 1. The van der Waals surface area contributed by atoms with E-state index in [-0.39, 0.29) is 11.6 Å². The summed E-state index contributed by atoms with van der Waals surface area (Å²) >= 11 is 5.37. The van der Waals surface area contributed by atoms with Crippen molar-refractivity contribution in [2.24, 2.45) is 22.9 Å². The lowest BCUT2D eigenvalue weighted by molar-refractivity contribution is -0.274. The molecule has 0 aliphatic rings. The lowest BCUT2D eigenvalue weighted by Gasteiger charge is -2.14. The molecule has 8 nitrogen and oxygen atoms in total. The number of nitrogens with one attached hydrogen (secondary N) is 2. The van der Waals surface area contributed by atoms with Crippen LogP contribution in [-0.2, 0) is 7.05 Å². The number of hydrogen-bond donors (Lipinski definition) is 3. The molecule has 0 bridgehead atoms. The summed E-state index contributed by atoms with van der Waals surface area (Å²) in [4.78, 5) is 4.38. The van der Waals surface area contributed by atoms with Crippen molar-refractivity contribution in [2.75, 3.05) is 5.32 Å². The second-order valence-corrected chi connectivity index (χ2v) is 9.68. The zero-order valence-corrected chi connectivity index (χ0v) is 23.3. The maximum atomic E-state index is 12.4. The molecule has 1 heterocycles. The van der Waals surface area contributed by atoms with Crippen LogP contribution in [-0.4, -0.2) is 33.3 Å². The highest BCUT2D eigenvalue weighted by Crippen LogP contribution is 2.26. The monoisotopic (exact) mass is 579 g/mol. The van der Waals surface area contributed by atoms with Crippen LogP contribution in [0.3, 0.4) is 0 Å². The lowest BCUT2D eigenvalue weighted by Crippen LogP contribution is -2.24. The number of rotatable bonds is 8. The minimum absolute atomic E-state index is 0.122. The Bertz CT molecular complexity index is 1560. The number of alkyl halides is 3. The van der Waals surface area contributed by atoms with Gasteiger partial charge in [0, 0.05) is 29.9 Å². The van der Waals surface area contributed by atoms with Crippen LogP contribution in [0.4, 0.5) is 24.7 Å². The minimum atomic E-state index is -4.76. The van der Waals surface area contributed by atoms with Gasteiger partial charge in [0.25, 0.3) is 0 Å². The highest BCUT2D eigenvalue weighted by molar-refractivity contribution is 7.80. The summed E-state index contributed by atoms with van der Waals surface area (Å²) in [5.74, 6) is 0.610. The number of thiocarbonyl (C=S) groups is 1. The molecule has 4 rings (SSSR count). The van der Waals surface area contributed by atoms with E-state index in [4.69, 9.17) is 18.0 Å². The maximum absolute atomic E-state index is 12.4. The van der Waals surface area contributed by atoms with Gasteiger partial charge in [0.2, 0.25) is 0 Å². The van der Waals surface area contributed by atoms with Crippen LogP contribution in [0.2, 0.25) is 0 Å². The minimum Gasteiger partial charge on any atom is -0.406 e. The zero-order chi connectivity index (χ0) is 29.6. The number of para-hydroxylation sites is 1. The summed E-state index contributed by atoms with van der Waals surface area (Å²) < 4.78 is 42.6. The fraction of sp³-hybridized carbons (Fsp3) is 0.172. The molecule has 41 heavy (non-hydrogen) atoms. The number of hydrogen-bond acceptors (Lipinski definition) is 5. The molecule has 12 heteroatoms. The van der Waals surface area contributed by atoms with Crippen LogP contribution in [0.15, 0.2) is 89.0 Å². The summed E-state index contributed by atoms with van der Waals surface area (Å²) in [6.07, 6.45) is -3.11. The number of anilines is 1. The predicted octanol–water partition coefficient (Wildman–Crippen LogP) is 6.47. The normalized spacial score (nSPS) is 12.1. The van der Waals surface area contributed by atoms with Gasteiger partial charge in [-0.2, -0.15) is 10.2 Å². The number of benzene rings is 3. The Morgan fingerprint density at radius 3 is 2.39 bits per heavy atom. The molecular formula is C29H28F3N7OS. The molecule has 0 amide bonds. The summed E-state index contributed by atoms with van der Waals surface area (Å²) in [5.41, 5.74) is 13.8. The smallest absolute Gasteiger partial charge is 0.406 e. The van der Waals surface area contributed by atoms with Crippen LogP contribution in [0.25, 0.3) is 11.3 Å². The van der Waals surface area contributed by atoms with Crippen LogP contribution < -0.4 is 21.2 Å². The molecule has 0 saturated heterocycles. The van der Waals surface area contributed by atoms with E-state index in [2.05, 4.69) is 50.6 Å². The maximum Gasteiger partial charge on any atom is 0.573 e. The van der Waals surface area contributed by atoms with Crippen molar-refractivity contribution >= 4 is 40.9 Å². The van der Waals surface area contributed by atoms with Crippen molar-refractivity contribution in [3.05, 3.63) is 95.6 Å². The molecule has 0 radical (unpaired) electrons. The summed E-state index contributed by atoms with van der Waals surface area (Å²) in [7, 11) is 1.72. The lowest BCUT2D eigenvalue weighted by atomic mass is 10.0. The van der Waals surface area contributed by atoms with E-state index in [1.54, 1.807) is 24.0 Å². The van der Waals surface area contributed by atoms with E-state index < -0.39 is 6.36 Å². The largest absolute Gasteiger partial charge is 0.573 e. The van der Waals surface area contributed by atoms with Gasteiger partial charge in [-0.05, 0) is 59.6 Å². The number of aryl methyl sites for hydroxylation is 1. The zero-order valence-electron chi connectivity index (χ0n) is 22.5. The van der Waals surface area contributed by atoms with E-state index in [1.807, 2.05) is 42.5 Å². The molecule has 0 spiro atoms. The molecule has 4 aromatic rings. The van der Waals surface area contributed by atoms with Gasteiger partial charge in [-0.15, -0.1) is 13.2 Å². The highest BCUT2D eigenvalue weighted by Gasteiger charge is 2.31. The fourth-order valence-electron chi connectivity index (χ4n) is 3.89. The Hall–Kier alpha value is -4.71. The van der Waals surface area contributed by atoms with Crippen LogP contribution >= 0.6 is 12.2 Å². The van der Waals surface area contributed by atoms with E-state index in [1.165, 1.54) is 24.3 Å². The third-order valence-corrected chi connectivity index (χ3v) is 6.08. The van der Waals surface area contributed by atoms with Crippen molar-refractivity contribution in [1.82, 2.24) is 15.2 Å². The third-order valence-electron chi connectivity index (χ3n) is 5.89. The molecule has 0 saturated carbocycles. The van der Waals surface area contributed by atoms with Gasteiger partial charge in [-0.25, -0.2) is 4.99 Å². The van der Waals surface area contributed by atoms with Crippen LogP contribution in [0, 0.1) is 0 Å². The number of nitrogens with two attached hydrogens (primary N) is 1. The summed E-state index contributed by atoms with van der Waals surface area (Å²) in [6, 6.07) is 22.5. The highest BCUT2D eigenvalue weighted by atomic mass is 32.1. The van der Waals surface area contributed by atoms with Gasteiger partial charge < -0.3 is 15.8 Å². The van der Waals surface area contributed by atoms with Crippen LogP contribution in [0.5, 0.6) is 5.75 Å². The molecule has 0 aliphatic heterocycles. The van der Waals surface area contributed by atoms with Crippen molar-refractivity contribution in [2.45, 2.75) is 26.1 Å². The number of aromatic nitrogens is 2. The van der Waals surface area contributed by atoms with Crippen molar-refractivity contribution in [1.29, 1.82) is 0 Å². The molecule has 1 aromatic heterocycles.